The Bertz CT molecular complexity index is 1330. The third-order valence-electron chi connectivity index (χ3n) is 4.25. The minimum absolute atomic E-state index is 0.274. The lowest BCUT2D eigenvalue weighted by molar-refractivity contribution is 0.0693. The highest BCUT2D eigenvalue weighted by Gasteiger charge is 2.30. The molecule has 5 N–H and O–H groups in total. The molecular formula is C20H11BrF2N2O7. The molecule has 3 rings (SSSR count). The minimum atomic E-state index is -1.79. The van der Waals surface area contributed by atoms with Crippen molar-refractivity contribution >= 4 is 39.7 Å². The fourth-order valence-electron chi connectivity index (χ4n) is 2.95. The van der Waals surface area contributed by atoms with E-state index in [2.05, 4.69) is 15.9 Å². The quantitative estimate of drug-likeness (QED) is 0.301. The number of H-pyrrole nitrogens is 1. The molecule has 0 bridgehead atoms. The van der Waals surface area contributed by atoms with Crippen molar-refractivity contribution in [3.63, 3.8) is 0 Å². The van der Waals surface area contributed by atoms with Crippen molar-refractivity contribution in [1.82, 2.24) is 4.98 Å². The minimum Gasteiger partial charge on any atom is -0.478 e. The highest BCUT2D eigenvalue weighted by molar-refractivity contribution is 9.10. The van der Waals surface area contributed by atoms with Crippen LogP contribution < -0.4 is 16.0 Å². The Balaban J connectivity index is 2.31. The number of benzene rings is 2. The molecule has 0 amide bonds. The number of aromatic amines is 1. The molecule has 32 heavy (non-hydrogen) atoms. The van der Waals surface area contributed by atoms with Crippen LogP contribution in [0.5, 0.6) is 5.75 Å². The van der Waals surface area contributed by atoms with Crippen LogP contribution in [0.3, 0.4) is 0 Å². The second-order valence-corrected chi connectivity index (χ2v) is 7.15. The number of hydrogen-bond donors (Lipinski definition) is 4. The van der Waals surface area contributed by atoms with Gasteiger partial charge in [-0.2, -0.15) is 0 Å². The summed E-state index contributed by atoms with van der Waals surface area (Å²) in [7, 11) is 0. The van der Waals surface area contributed by atoms with Crippen molar-refractivity contribution in [2.75, 3.05) is 5.73 Å². The van der Waals surface area contributed by atoms with Crippen LogP contribution in [0.25, 0.3) is 11.1 Å². The fraction of sp³-hybridized carbons (Fsp3) is 0. The number of aromatic nitrogens is 1. The lowest BCUT2D eigenvalue weighted by atomic mass is 9.94. The summed E-state index contributed by atoms with van der Waals surface area (Å²) in [5.41, 5.74) is 0.570. The van der Waals surface area contributed by atoms with Gasteiger partial charge in [0.2, 0.25) is 0 Å². The van der Waals surface area contributed by atoms with E-state index in [9.17, 15) is 38.2 Å². The SMILES string of the molecule is Nc1[nH]c(=O)c(C(=O)O)c(-c2cc(Br)ccc2OC(=O)c2c(F)cccc2F)c1C(=O)O. The number of esters is 1. The number of halogens is 3. The first kappa shape index (κ1) is 22.6. The van der Waals surface area contributed by atoms with Crippen molar-refractivity contribution in [3.05, 3.63) is 79.5 Å². The predicted molar refractivity (Wildman–Crippen MR) is 110 cm³/mol. The van der Waals surface area contributed by atoms with Crippen LogP contribution in [0, 0.1) is 11.6 Å². The van der Waals surface area contributed by atoms with Crippen LogP contribution in [0.4, 0.5) is 14.6 Å². The van der Waals surface area contributed by atoms with Crippen LogP contribution in [-0.4, -0.2) is 33.1 Å². The number of nitrogen functional groups attached to an aromatic ring is 1. The van der Waals surface area contributed by atoms with E-state index in [0.29, 0.717) is 0 Å². The Morgan fingerprint density at radius 2 is 1.56 bits per heavy atom. The average Bonchev–Trinajstić information content (AvgIpc) is 2.67. The number of carbonyl (C=O) groups excluding carboxylic acids is 1. The molecule has 0 aliphatic heterocycles. The highest BCUT2D eigenvalue weighted by Crippen LogP contribution is 2.38. The van der Waals surface area contributed by atoms with E-state index < -0.39 is 68.9 Å². The molecule has 0 aliphatic carbocycles. The normalized spacial score (nSPS) is 10.6. The van der Waals surface area contributed by atoms with Crippen LogP contribution >= 0.6 is 15.9 Å². The largest absolute Gasteiger partial charge is 0.478 e. The number of rotatable bonds is 5. The van der Waals surface area contributed by atoms with Gasteiger partial charge in [-0.05, 0) is 30.3 Å². The zero-order valence-corrected chi connectivity index (χ0v) is 17.2. The molecule has 0 saturated heterocycles. The molecule has 1 heterocycles. The van der Waals surface area contributed by atoms with Gasteiger partial charge in [-0.15, -0.1) is 0 Å². The van der Waals surface area contributed by atoms with Crippen LogP contribution in [0.2, 0.25) is 0 Å². The Morgan fingerprint density at radius 3 is 2.12 bits per heavy atom. The summed E-state index contributed by atoms with van der Waals surface area (Å²) in [6.07, 6.45) is 0. The van der Waals surface area contributed by atoms with Gasteiger partial charge in [-0.1, -0.05) is 22.0 Å². The molecule has 3 aromatic rings. The number of carboxylic acids is 2. The van der Waals surface area contributed by atoms with E-state index in [4.69, 9.17) is 10.5 Å². The standard InChI is InChI=1S/C20H11BrF2N2O7/c21-7-4-5-11(32-20(31)13-9(22)2-1-3-10(13)23)8(6-7)12-14(18(27)28)16(24)25-17(26)15(12)19(29)30/h1-6H,(H,27,28)(H,29,30)(H3,24,25,26). The lowest BCUT2D eigenvalue weighted by Gasteiger charge is -2.16. The summed E-state index contributed by atoms with van der Waals surface area (Å²) in [5, 5.41) is 19.1. The topological polar surface area (TPSA) is 160 Å². The summed E-state index contributed by atoms with van der Waals surface area (Å²) < 4.78 is 33.3. The van der Waals surface area contributed by atoms with E-state index in [1.54, 1.807) is 0 Å². The van der Waals surface area contributed by atoms with Gasteiger partial charge < -0.3 is 25.7 Å². The van der Waals surface area contributed by atoms with Crippen molar-refractivity contribution in [2.24, 2.45) is 0 Å². The number of aromatic carboxylic acids is 2. The zero-order chi connectivity index (χ0) is 23.7. The molecule has 1 aromatic heterocycles. The van der Waals surface area contributed by atoms with Gasteiger partial charge in [0.1, 0.15) is 39.9 Å². The van der Waals surface area contributed by atoms with Crippen molar-refractivity contribution in [1.29, 1.82) is 0 Å². The predicted octanol–water partition coefficient (Wildman–Crippen LogP) is 3.28. The Labute approximate surface area is 185 Å². The molecule has 0 spiro atoms. The monoisotopic (exact) mass is 508 g/mol. The number of carboxylic acid groups (broad SMARTS) is 2. The smallest absolute Gasteiger partial charge is 0.349 e. The van der Waals surface area contributed by atoms with Gasteiger partial charge in [-0.25, -0.2) is 23.2 Å². The summed E-state index contributed by atoms with van der Waals surface area (Å²) in [6.45, 7) is 0. The highest BCUT2D eigenvalue weighted by atomic mass is 79.9. The second kappa shape index (κ2) is 8.59. The van der Waals surface area contributed by atoms with Crippen LogP contribution in [0.15, 0.2) is 45.7 Å². The number of hydrogen-bond acceptors (Lipinski definition) is 6. The molecule has 0 atom stereocenters. The first-order valence-corrected chi connectivity index (χ1v) is 9.30. The van der Waals surface area contributed by atoms with Crippen LogP contribution in [-0.2, 0) is 0 Å². The number of nitrogens with two attached hydrogens (primary N) is 1. The number of ether oxygens (including phenoxy) is 1. The maximum absolute atomic E-state index is 14.0. The number of nitrogens with one attached hydrogen (secondary N) is 1. The summed E-state index contributed by atoms with van der Waals surface area (Å²) in [4.78, 5) is 50.2. The van der Waals surface area contributed by atoms with E-state index in [0.717, 1.165) is 30.3 Å². The van der Waals surface area contributed by atoms with Gasteiger partial charge in [0.25, 0.3) is 5.56 Å². The Morgan fingerprint density at radius 1 is 0.969 bits per heavy atom. The average molecular weight is 509 g/mol. The van der Waals surface area contributed by atoms with E-state index in [-0.39, 0.29) is 10.0 Å². The van der Waals surface area contributed by atoms with Gasteiger partial charge >= 0.3 is 17.9 Å². The molecule has 0 aliphatic rings. The molecule has 2 aromatic carbocycles. The Kier molecular flexibility index (Phi) is 6.07. The molecule has 164 valence electrons. The van der Waals surface area contributed by atoms with E-state index >= 15 is 0 Å². The van der Waals surface area contributed by atoms with E-state index in [1.165, 1.54) is 6.07 Å². The van der Waals surface area contributed by atoms with Gasteiger partial charge in [-0.3, -0.25) is 4.79 Å². The molecule has 12 heteroatoms. The maximum atomic E-state index is 14.0. The van der Waals surface area contributed by atoms with Gasteiger partial charge in [0.15, 0.2) is 0 Å². The molecule has 9 nitrogen and oxygen atoms in total. The summed E-state index contributed by atoms with van der Waals surface area (Å²) >= 11 is 3.12. The number of pyridine rings is 1. The third-order valence-corrected chi connectivity index (χ3v) is 4.75. The first-order chi connectivity index (χ1) is 15.0. The third kappa shape index (κ3) is 4.07. The van der Waals surface area contributed by atoms with Crippen molar-refractivity contribution in [2.45, 2.75) is 0 Å². The molecule has 0 saturated carbocycles. The number of anilines is 1. The molecular weight excluding hydrogens is 498 g/mol. The molecule has 0 fully saturated rings. The van der Waals surface area contributed by atoms with Gasteiger partial charge in [0, 0.05) is 15.6 Å². The Hall–Kier alpha value is -4.06. The summed E-state index contributed by atoms with van der Waals surface area (Å²) in [5.74, 6) is -8.51. The second-order valence-electron chi connectivity index (χ2n) is 6.23. The summed E-state index contributed by atoms with van der Waals surface area (Å²) in [6, 6.07) is 6.29. The molecule has 0 unspecified atom stereocenters. The molecule has 0 radical (unpaired) electrons. The van der Waals surface area contributed by atoms with Crippen LogP contribution in [0.1, 0.15) is 31.1 Å². The van der Waals surface area contributed by atoms with Gasteiger partial charge in [0.05, 0.1) is 0 Å². The maximum Gasteiger partial charge on any atom is 0.349 e. The van der Waals surface area contributed by atoms with E-state index in [1.807, 2.05) is 4.98 Å². The fourth-order valence-corrected chi connectivity index (χ4v) is 3.31. The van der Waals surface area contributed by atoms with Crippen molar-refractivity contribution < 1.29 is 38.1 Å². The van der Waals surface area contributed by atoms with Crippen molar-refractivity contribution in [3.8, 4) is 16.9 Å². The zero-order valence-electron chi connectivity index (χ0n) is 15.6. The number of carbonyl (C=O) groups is 3. The first-order valence-electron chi connectivity index (χ1n) is 8.51. The lowest BCUT2D eigenvalue weighted by Crippen LogP contribution is -2.24.